The minimum absolute atomic E-state index is 0.153. The largest absolute Gasteiger partial charge is 0.480 e. The van der Waals surface area contributed by atoms with Crippen molar-refractivity contribution in [3.8, 4) is 0 Å². The van der Waals surface area contributed by atoms with Crippen molar-refractivity contribution in [2.24, 2.45) is 0 Å². The fourth-order valence-corrected chi connectivity index (χ4v) is 2.76. The Labute approximate surface area is 125 Å². The van der Waals surface area contributed by atoms with Crippen LogP contribution in [0.4, 0.5) is 0 Å². The molecule has 0 aromatic heterocycles. The standard InChI is InChI=1S/C16H22N2O3/c1-4-18(16(2,3)15(20)21)14(19)13-9-11-7-5-6-8-12(11)10-17-13/h5-8,13,17H,4,9-10H2,1-3H3,(H,20,21)/t13-/m0/s1. The molecule has 1 aliphatic heterocycles. The molecule has 0 saturated heterocycles. The number of carbonyl (C=O) groups is 2. The van der Waals surface area contributed by atoms with E-state index in [1.807, 2.05) is 24.3 Å². The number of fused-ring (bicyclic) bond motifs is 1. The van der Waals surface area contributed by atoms with E-state index in [1.165, 1.54) is 10.5 Å². The third-order valence-electron chi connectivity index (χ3n) is 4.16. The zero-order chi connectivity index (χ0) is 15.6. The number of aliphatic carboxylic acids is 1. The second-order valence-electron chi connectivity index (χ2n) is 5.85. The summed E-state index contributed by atoms with van der Waals surface area (Å²) in [4.78, 5) is 25.5. The molecule has 0 fully saturated rings. The molecule has 5 heteroatoms. The molecule has 1 aromatic rings. The van der Waals surface area contributed by atoms with Crippen molar-refractivity contribution in [1.29, 1.82) is 0 Å². The number of benzene rings is 1. The van der Waals surface area contributed by atoms with Crippen LogP contribution in [-0.4, -0.2) is 40.0 Å². The predicted molar refractivity (Wildman–Crippen MR) is 79.9 cm³/mol. The first kappa shape index (κ1) is 15.5. The quantitative estimate of drug-likeness (QED) is 0.880. The minimum Gasteiger partial charge on any atom is -0.480 e. The van der Waals surface area contributed by atoms with Gasteiger partial charge in [-0.1, -0.05) is 24.3 Å². The summed E-state index contributed by atoms with van der Waals surface area (Å²) in [6.45, 7) is 5.94. The average molecular weight is 290 g/mol. The molecule has 21 heavy (non-hydrogen) atoms. The van der Waals surface area contributed by atoms with Crippen molar-refractivity contribution >= 4 is 11.9 Å². The maximum atomic E-state index is 12.7. The highest BCUT2D eigenvalue weighted by Crippen LogP contribution is 2.21. The number of hydrogen-bond donors (Lipinski definition) is 2. The molecule has 114 valence electrons. The number of rotatable bonds is 4. The van der Waals surface area contributed by atoms with Crippen LogP contribution in [-0.2, 0) is 22.6 Å². The molecule has 1 amide bonds. The fraction of sp³-hybridized carbons (Fsp3) is 0.500. The van der Waals surface area contributed by atoms with E-state index in [0.717, 1.165) is 5.56 Å². The van der Waals surface area contributed by atoms with Gasteiger partial charge >= 0.3 is 5.97 Å². The molecule has 2 rings (SSSR count). The molecular formula is C16H22N2O3. The smallest absolute Gasteiger partial charge is 0.329 e. The molecule has 0 spiro atoms. The number of carboxylic acids is 1. The van der Waals surface area contributed by atoms with E-state index < -0.39 is 11.5 Å². The van der Waals surface area contributed by atoms with Crippen molar-refractivity contribution in [2.75, 3.05) is 6.54 Å². The molecule has 0 radical (unpaired) electrons. The maximum absolute atomic E-state index is 12.7. The van der Waals surface area contributed by atoms with Crippen LogP contribution in [0.25, 0.3) is 0 Å². The van der Waals surface area contributed by atoms with Gasteiger partial charge in [0, 0.05) is 13.1 Å². The van der Waals surface area contributed by atoms with E-state index in [-0.39, 0.29) is 11.9 Å². The normalized spacial score (nSPS) is 18.0. The third kappa shape index (κ3) is 2.93. The van der Waals surface area contributed by atoms with Crippen LogP contribution in [0.5, 0.6) is 0 Å². The molecule has 1 aliphatic rings. The lowest BCUT2D eigenvalue weighted by molar-refractivity contribution is -0.157. The Morgan fingerprint density at radius 1 is 1.33 bits per heavy atom. The Hall–Kier alpha value is -1.88. The molecule has 5 nitrogen and oxygen atoms in total. The molecule has 1 aromatic carbocycles. The van der Waals surface area contributed by atoms with E-state index >= 15 is 0 Å². The molecule has 1 atom stereocenters. The summed E-state index contributed by atoms with van der Waals surface area (Å²) in [6.07, 6.45) is 0.598. The Morgan fingerprint density at radius 3 is 2.52 bits per heavy atom. The molecule has 0 saturated carbocycles. The summed E-state index contributed by atoms with van der Waals surface area (Å²) < 4.78 is 0. The molecule has 0 aliphatic carbocycles. The van der Waals surface area contributed by atoms with Crippen molar-refractivity contribution in [3.63, 3.8) is 0 Å². The van der Waals surface area contributed by atoms with Crippen molar-refractivity contribution in [3.05, 3.63) is 35.4 Å². The van der Waals surface area contributed by atoms with Gasteiger partial charge in [-0.2, -0.15) is 0 Å². The van der Waals surface area contributed by atoms with Crippen molar-refractivity contribution in [2.45, 2.75) is 45.3 Å². The highest BCUT2D eigenvalue weighted by atomic mass is 16.4. The van der Waals surface area contributed by atoms with Crippen LogP contribution in [0.1, 0.15) is 31.9 Å². The van der Waals surface area contributed by atoms with Crippen molar-refractivity contribution in [1.82, 2.24) is 10.2 Å². The van der Waals surface area contributed by atoms with Crippen LogP contribution in [0.2, 0.25) is 0 Å². The Balaban J connectivity index is 2.19. The number of nitrogens with zero attached hydrogens (tertiary/aromatic N) is 1. The first-order chi connectivity index (χ1) is 9.87. The zero-order valence-electron chi connectivity index (χ0n) is 12.7. The maximum Gasteiger partial charge on any atom is 0.329 e. The first-order valence-electron chi connectivity index (χ1n) is 7.23. The number of hydrogen-bond acceptors (Lipinski definition) is 3. The molecule has 0 unspecified atom stereocenters. The highest BCUT2D eigenvalue weighted by molar-refractivity contribution is 5.89. The van der Waals surface area contributed by atoms with Gasteiger partial charge in [0.2, 0.25) is 5.91 Å². The number of nitrogens with one attached hydrogen (secondary N) is 1. The lowest BCUT2D eigenvalue weighted by Gasteiger charge is -2.38. The number of carbonyl (C=O) groups excluding carboxylic acids is 1. The Morgan fingerprint density at radius 2 is 1.95 bits per heavy atom. The fourth-order valence-electron chi connectivity index (χ4n) is 2.76. The topological polar surface area (TPSA) is 69.6 Å². The van der Waals surface area contributed by atoms with E-state index in [1.54, 1.807) is 20.8 Å². The summed E-state index contributed by atoms with van der Waals surface area (Å²) in [5.41, 5.74) is 1.14. The van der Waals surface area contributed by atoms with E-state index in [2.05, 4.69) is 5.32 Å². The molecule has 2 N–H and O–H groups in total. The summed E-state index contributed by atoms with van der Waals surface area (Å²) in [5.74, 6) is -1.15. The molecule has 1 heterocycles. The SMILES string of the molecule is CCN(C(=O)[C@@H]1Cc2ccccc2CN1)C(C)(C)C(=O)O. The summed E-state index contributed by atoms with van der Waals surface area (Å²) in [7, 11) is 0. The van der Waals surface area contributed by atoms with E-state index in [9.17, 15) is 14.7 Å². The second-order valence-corrected chi connectivity index (χ2v) is 5.85. The van der Waals surface area contributed by atoms with Gasteiger partial charge in [-0.05, 0) is 38.3 Å². The van der Waals surface area contributed by atoms with Gasteiger partial charge < -0.3 is 15.3 Å². The number of amides is 1. The lowest BCUT2D eigenvalue weighted by Crippen LogP contribution is -2.59. The zero-order valence-corrected chi connectivity index (χ0v) is 12.7. The Kier molecular flexibility index (Phi) is 4.32. The van der Waals surface area contributed by atoms with E-state index in [4.69, 9.17) is 0 Å². The van der Waals surface area contributed by atoms with Gasteiger partial charge in [0.05, 0.1) is 6.04 Å². The summed E-state index contributed by atoms with van der Waals surface area (Å²) in [6, 6.07) is 7.65. The highest BCUT2D eigenvalue weighted by Gasteiger charge is 2.40. The Bertz CT molecular complexity index is 554. The monoisotopic (exact) mass is 290 g/mol. The van der Waals surface area contributed by atoms with E-state index in [0.29, 0.717) is 19.5 Å². The molecular weight excluding hydrogens is 268 g/mol. The van der Waals surface area contributed by atoms with Gasteiger partial charge in [0.15, 0.2) is 0 Å². The van der Waals surface area contributed by atoms with Crippen LogP contribution >= 0.6 is 0 Å². The van der Waals surface area contributed by atoms with Gasteiger partial charge in [-0.25, -0.2) is 4.79 Å². The van der Waals surface area contributed by atoms with Crippen LogP contribution in [0, 0.1) is 0 Å². The average Bonchev–Trinajstić information content (AvgIpc) is 2.46. The first-order valence-corrected chi connectivity index (χ1v) is 7.23. The van der Waals surface area contributed by atoms with Crippen LogP contribution in [0.3, 0.4) is 0 Å². The van der Waals surface area contributed by atoms with Gasteiger partial charge in [0.25, 0.3) is 0 Å². The second kappa shape index (κ2) is 5.85. The van der Waals surface area contributed by atoms with Crippen LogP contribution < -0.4 is 5.32 Å². The van der Waals surface area contributed by atoms with Crippen molar-refractivity contribution < 1.29 is 14.7 Å². The van der Waals surface area contributed by atoms with Gasteiger partial charge in [-0.3, -0.25) is 4.79 Å². The lowest BCUT2D eigenvalue weighted by atomic mass is 9.93. The summed E-state index contributed by atoms with van der Waals surface area (Å²) in [5, 5.41) is 12.6. The predicted octanol–water partition coefficient (Wildman–Crippen LogP) is 1.41. The summed E-state index contributed by atoms with van der Waals surface area (Å²) >= 11 is 0. The molecule has 0 bridgehead atoms. The van der Waals surface area contributed by atoms with Gasteiger partial charge in [0.1, 0.15) is 5.54 Å². The number of likely N-dealkylation sites (N-methyl/N-ethyl adjacent to an activating group) is 1. The van der Waals surface area contributed by atoms with Gasteiger partial charge in [-0.15, -0.1) is 0 Å². The third-order valence-corrected chi connectivity index (χ3v) is 4.16. The minimum atomic E-state index is -1.20. The number of carboxylic acid groups (broad SMARTS) is 1. The van der Waals surface area contributed by atoms with Crippen LogP contribution in [0.15, 0.2) is 24.3 Å².